The van der Waals surface area contributed by atoms with E-state index in [2.05, 4.69) is 10.2 Å². The maximum Gasteiger partial charge on any atom is 0.490 e. The normalized spacial score (nSPS) is 26.7. The molecule has 1 aromatic heterocycles. The number of fused-ring (bicyclic) bond motifs is 1. The highest BCUT2D eigenvalue weighted by Gasteiger charge is 2.42. The van der Waals surface area contributed by atoms with Crippen LogP contribution >= 0.6 is 0 Å². The number of likely N-dealkylation sites (tertiary alicyclic amines) is 1. The lowest BCUT2D eigenvalue weighted by Crippen LogP contribution is -2.42. The first kappa shape index (κ1) is 24.5. The third-order valence-electron chi connectivity index (χ3n) is 6.04. The van der Waals surface area contributed by atoms with Crippen molar-refractivity contribution < 1.29 is 41.8 Å². The van der Waals surface area contributed by atoms with E-state index in [0.29, 0.717) is 11.8 Å². The summed E-state index contributed by atoms with van der Waals surface area (Å²) in [5.74, 6) is -0.648. The molecule has 180 valence electrons. The number of carbonyl (C=O) groups is 2. The lowest BCUT2D eigenvalue weighted by molar-refractivity contribution is -0.192. The zero-order valence-electron chi connectivity index (χ0n) is 17.7. The number of halogens is 3. The summed E-state index contributed by atoms with van der Waals surface area (Å²) >= 11 is 0. The molecule has 0 saturated carbocycles. The molecule has 1 aromatic rings. The van der Waals surface area contributed by atoms with Gasteiger partial charge in [0, 0.05) is 26.3 Å². The average Bonchev–Trinajstić information content (AvgIpc) is 3.42. The minimum atomic E-state index is -5.08. The Morgan fingerprint density at radius 2 is 1.94 bits per heavy atom. The number of nitrogens with zero attached hydrogens (tertiary/aromatic N) is 1. The van der Waals surface area contributed by atoms with E-state index >= 15 is 0 Å². The summed E-state index contributed by atoms with van der Waals surface area (Å²) in [6, 6.07) is 3.93. The van der Waals surface area contributed by atoms with Gasteiger partial charge in [0.2, 0.25) is 5.91 Å². The Kier molecular flexibility index (Phi) is 8.55. The molecule has 0 unspecified atom stereocenters. The highest BCUT2D eigenvalue weighted by atomic mass is 19.4. The van der Waals surface area contributed by atoms with Gasteiger partial charge in [-0.3, -0.25) is 9.69 Å². The van der Waals surface area contributed by atoms with Crippen LogP contribution in [0.5, 0.6) is 0 Å². The summed E-state index contributed by atoms with van der Waals surface area (Å²) < 4.78 is 48.7. The van der Waals surface area contributed by atoms with E-state index in [9.17, 15) is 18.0 Å². The lowest BCUT2D eigenvalue weighted by Gasteiger charge is -2.33. The monoisotopic (exact) mass is 462 g/mol. The zero-order valence-corrected chi connectivity index (χ0v) is 17.7. The van der Waals surface area contributed by atoms with Crippen molar-refractivity contribution in [3.05, 3.63) is 24.2 Å². The molecule has 4 rings (SSSR count). The molecule has 3 saturated heterocycles. The number of carboxylic acid groups (broad SMARTS) is 1. The molecular weight excluding hydrogens is 433 g/mol. The zero-order chi connectivity index (χ0) is 23.1. The van der Waals surface area contributed by atoms with Crippen molar-refractivity contribution in [1.82, 2.24) is 10.2 Å². The van der Waals surface area contributed by atoms with E-state index in [-0.39, 0.29) is 18.1 Å². The lowest BCUT2D eigenvalue weighted by atomic mass is 9.91. The standard InChI is InChI=1S/C19H28N2O4.C2HF3O2/c22-19(20-11-14-4-8-23-9-5-14)17-10-15-3-6-21(13-18(15)25-17)12-16-2-1-7-24-16;3-2(4,5)1(6)7/h1-2,7,14-15,17-18H,3-6,8-13H2,(H,20,22);(H,6,7)/t15-,17-,18+;/m0./s1. The molecule has 3 aliphatic heterocycles. The number of hydrogen-bond acceptors (Lipinski definition) is 6. The Hall–Kier alpha value is -2.11. The second kappa shape index (κ2) is 11.2. The molecule has 11 heteroatoms. The molecule has 0 radical (unpaired) electrons. The molecule has 0 aromatic carbocycles. The Labute approximate surface area is 184 Å². The predicted molar refractivity (Wildman–Crippen MR) is 106 cm³/mol. The van der Waals surface area contributed by atoms with Gasteiger partial charge in [0.05, 0.1) is 18.9 Å². The highest BCUT2D eigenvalue weighted by molar-refractivity contribution is 5.81. The number of nitrogens with one attached hydrogen (secondary N) is 1. The van der Waals surface area contributed by atoms with Gasteiger partial charge in [-0.05, 0) is 56.2 Å². The molecule has 3 fully saturated rings. The minimum absolute atomic E-state index is 0.0680. The number of piperidine rings is 1. The van der Waals surface area contributed by atoms with Gasteiger partial charge in [0.15, 0.2) is 0 Å². The van der Waals surface area contributed by atoms with Crippen LogP contribution in [0, 0.1) is 11.8 Å². The maximum absolute atomic E-state index is 12.5. The van der Waals surface area contributed by atoms with E-state index in [4.69, 9.17) is 23.8 Å². The summed E-state index contributed by atoms with van der Waals surface area (Å²) in [5.41, 5.74) is 0. The second-order valence-electron chi connectivity index (χ2n) is 8.37. The van der Waals surface area contributed by atoms with Crippen molar-refractivity contribution in [1.29, 1.82) is 0 Å². The molecule has 3 aliphatic rings. The Morgan fingerprint density at radius 1 is 1.22 bits per heavy atom. The van der Waals surface area contributed by atoms with Gasteiger partial charge in [0.1, 0.15) is 11.9 Å². The van der Waals surface area contributed by atoms with Crippen molar-refractivity contribution in [3.63, 3.8) is 0 Å². The number of rotatable bonds is 5. The van der Waals surface area contributed by atoms with Gasteiger partial charge < -0.3 is 24.3 Å². The van der Waals surface area contributed by atoms with Crippen LogP contribution in [0.3, 0.4) is 0 Å². The minimum Gasteiger partial charge on any atom is -0.475 e. The third kappa shape index (κ3) is 7.21. The maximum atomic E-state index is 12.5. The Morgan fingerprint density at radius 3 is 2.56 bits per heavy atom. The quantitative estimate of drug-likeness (QED) is 0.693. The summed E-state index contributed by atoms with van der Waals surface area (Å²) in [6.07, 6.45) is 0.555. The first-order chi connectivity index (χ1) is 15.2. The number of hydrogen-bond donors (Lipinski definition) is 2. The first-order valence-electron chi connectivity index (χ1n) is 10.8. The Bertz CT molecular complexity index is 736. The van der Waals surface area contributed by atoms with E-state index in [0.717, 1.165) is 70.8 Å². The number of furan rings is 1. The number of amides is 1. The largest absolute Gasteiger partial charge is 0.490 e. The highest BCUT2D eigenvalue weighted by Crippen LogP contribution is 2.34. The van der Waals surface area contributed by atoms with Gasteiger partial charge in [-0.15, -0.1) is 0 Å². The average molecular weight is 462 g/mol. The van der Waals surface area contributed by atoms with Crippen LogP contribution in [0.15, 0.2) is 22.8 Å². The van der Waals surface area contributed by atoms with Crippen molar-refractivity contribution in [2.75, 3.05) is 32.8 Å². The first-order valence-corrected chi connectivity index (χ1v) is 10.8. The Balaban J connectivity index is 0.000000360. The molecule has 0 bridgehead atoms. The van der Waals surface area contributed by atoms with E-state index in [1.165, 1.54) is 0 Å². The van der Waals surface area contributed by atoms with Crippen LogP contribution in [0.2, 0.25) is 0 Å². The number of alkyl halides is 3. The SMILES string of the molecule is O=C(NCC1CCOCC1)[C@@H]1C[C@@H]2CCN(Cc3ccco3)C[C@H]2O1.O=C(O)C(F)(F)F. The topological polar surface area (TPSA) is 101 Å². The molecule has 2 N–H and O–H groups in total. The fraction of sp³-hybridized carbons (Fsp3) is 0.714. The molecule has 32 heavy (non-hydrogen) atoms. The van der Waals surface area contributed by atoms with E-state index in [1.807, 2.05) is 12.1 Å². The van der Waals surface area contributed by atoms with Gasteiger partial charge in [-0.25, -0.2) is 4.79 Å². The summed E-state index contributed by atoms with van der Waals surface area (Å²) in [4.78, 5) is 23.7. The summed E-state index contributed by atoms with van der Waals surface area (Å²) in [6.45, 7) is 5.13. The van der Waals surface area contributed by atoms with E-state index in [1.54, 1.807) is 6.26 Å². The fourth-order valence-corrected chi connectivity index (χ4v) is 4.24. The van der Waals surface area contributed by atoms with Crippen molar-refractivity contribution in [2.24, 2.45) is 11.8 Å². The van der Waals surface area contributed by atoms with Crippen LogP contribution in [0.4, 0.5) is 13.2 Å². The molecule has 8 nitrogen and oxygen atoms in total. The van der Waals surface area contributed by atoms with Crippen LogP contribution in [-0.2, 0) is 25.6 Å². The number of carboxylic acids is 1. The molecular formula is C21H29F3N2O6. The van der Waals surface area contributed by atoms with Crippen LogP contribution in [-0.4, -0.2) is 73.1 Å². The number of aliphatic carboxylic acids is 1. The van der Waals surface area contributed by atoms with Crippen molar-refractivity contribution >= 4 is 11.9 Å². The number of ether oxygens (including phenoxy) is 2. The summed E-state index contributed by atoms with van der Waals surface area (Å²) in [5, 5.41) is 10.2. The molecule has 0 spiro atoms. The van der Waals surface area contributed by atoms with Crippen LogP contribution < -0.4 is 5.32 Å². The molecule has 0 aliphatic carbocycles. The second-order valence-corrected chi connectivity index (χ2v) is 8.37. The van der Waals surface area contributed by atoms with Crippen molar-refractivity contribution in [2.45, 2.75) is 50.6 Å². The smallest absolute Gasteiger partial charge is 0.475 e. The molecule has 3 atom stereocenters. The molecule has 1 amide bonds. The van der Waals surface area contributed by atoms with Gasteiger partial charge in [-0.1, -0.05) is 0 Å². The fourth-order valence-electron chi connectivity index (χ4n) is 4.24. The van der Waals surface area contributed by atoms with E-state index < -0.39 is 12.1 Å². The molecule has 4 heterocycles. The van der Waals surface area contributed by atoms with Crippen LogP contribution in [0.25, 0.3) is 0 Å². The number of carbonyl (C=O) groups excluding carboxylic acids is 1. The third-order valence-corrected chi connectivity index (χ3v) is 6.04. The van der Waals surface area contributed by atoms with Crippen LogP contribution in [0.1, 0.15) is 31.4 Å². The van der Waals surface area contributed by atoms with Gasteiger partial charge in [0.25, 0.3) is 0 Å². The summed E-state index contributed by atoms with van der Waals surface area (Å²) in [7, 11) is 0. The van der Waals surface area contributed by atoms with Crippen molar-refractivity contribution in [3.8, 4) is 0 Å². The van der Waals surface area contributed by atoms with Gasteiger partial charge >= 0.3 is 12.1 Å². The van der Waals surface area contributed by atoms with Gasteiger partial charge in [-0.2, -0.15) is 13.2 Å². The predicted octanol–water partition coefficient (Wildman–Crippen LogP) is 2.44.